The molecule has 0 bridgehead atoms. The van der Waals surface area contributed by atoms with Gasteiger partial charge in [-0.1, -0.05) is 48.1 Å². The number of fused-ring (bicyclic) bond motifs is 1. The smallest absolute Gasteiger partial charge is 0.337 e. The van der Waals surface area contributed by atoms with E-state index in [4.69, 9.17) is 28.2 Å². The molecule has 6 heteroatoms. The number of halogens is 1. The number of carbonyl (C=O) groups is 1. The predicted molar refractivity (Wildman–Crippen MR) is 108 cm³/mol. The summed E-state index contributed by atoms with van der Waals surface area (Å²) in [6.07, 6.45) is 0.947. The third-order valence-electron chi connectivity index (χ3n) is 4.72. The van der Waals surface area contributed by atoms with Gasteiger partial charge in [0.25, 0.3) is 0 Å². The molecular weight excluding hydrogens is 382 g/mol. The molecule has 0 fully saturated rings. The molecule has 2 heterocycles. The minimum atomic E-state index is -1.07. The number of hydrogen-bond acceptors (Lipinski definition) is 3. The first-order valence-corrected chi connectivity index (χ1v) is 9.30. The van der Waals surface area contributed by atoms with Gasteiger partial charge in [0.1, 0.15) is 10.7 Å². The molecule has 4 rings (SSSR count). The van der Waals surface area contributed by atoms with Gasteiger partial charge in [0.05, 0.1) is 10.6 Å². The van der Waals surface area contributed by atoms with Crippen molar-refractivity contribution in [2.24, 2.45) is 0 Å². The van der Waals surface area contributed by atoms with Crippen molar-refractivity contribution in [2.45, 2.75) is 13.0 Å². The van der Waals surface area contributed by atoms with E-state index in [-0.39, 0.29) is 10.6 Å². The quantitative estimate of drug-likeness (QED) is 0.628. The molecule has 3 aromatic rings. The van der Waals surface area contributed by atoms with Gasteiger partial charge < -0.3 is 14.4 Å². The standard InChI is InChI=1S/C21H16ClNO3S/c22-17-6-5-14(11-16(17)21(24)25)18-7-8-19(26-18)20(27)23-10-9-13-3-1-2-4-15(13)12-23/h1-8,11H,9-10,12H2,(H,24,25). The van der Waals surface area contributed by atoms with Crippen molar-refractivity contribution in [2.75, 3.05) is 6.54 Å². The predicted octanol–water partition coefficient (Wildman–Crippen LogP) is 5.03. The Balaban J connectivity index is 1.57. The van der Waals surface area contributed by atoms with Crippen LogP contribution in [0.2, 0.25) is 5.02 Å². The van der Waals surface area contributed by atoms with Crippen molar-refractivity contribution in [1.82, 2.24) is 4.90 Å². The van der Waals surface area contributed by atoms with Crippen LogP contribution in [0.15, 0.2) is 59.0 Å². The van der Waals surface area contributed by atoms with Gasteiger partial charge in [-0.15, -0.1) is 0 Å². The summed E-state index contributed by atoms with van der Waals surface area (Å²) < 4.78 is 5.93. The number of rotatable bonds is 3. The average Bonchev–Trinajstić information content (AvgIpc) is 3.17. The lowest BCUT2D eigenvalue weighted by atomic mass is 10.00. The van der Waals surface area contributed by atoms with Crippen LogP contribution < -0.4 is 0 Å². The van der Waals surface area contributed by atoms with E-state index in [2.05, 4.69) is 23.1 Å². The monoisotopic (exact) mass is 397 g/mol. The lowest BCUT2D eigenvalue weighted by Gasteiger charge is -2.30. The van der Waals surface area contributed by atoms with E-state index in [1.54, 1.807) is 18.2 Å². The molecule has 4 nitrogen and oxygen atoms in total. The van der Waals surface area contributed by atoms with Crippen molar-refractivity contribution >= 4 is 34.8 Å². The third kappa shape index (κ3) is 3.48. The maximum Gasteiger partial charge on any atom is 0.337 e. The van der Waals surface area contributed by atoms with E-state index in [0.29, 0.717) is 22.1 Å². The zero-order valence-corrected chi connectivity index (χ0v) is 15.9. The number of furan rings is 1. The Kier molecular flexibility index (Phi) is 4.72. The minimum absolute atomic E-state index is 0.0438. The summed E-state index contributed by atoms with van der Waals surface area (Å²) in [4.78, 5) is 14.1. The van der Waals surface area contributed by atoms with Crippen LogP contribution in [0.5, 0.6) is 0 Å². The SMILES string of the molecule is O=C(O)c1cc(-c2ccc(C(=S)N3CCc4ccccc4C3)o2)ccc1Cl. The molecule has 1 N–H and O–H groups in total. The summed E-state index contributed by atoms with van der Waals surface area (Å²) in [5.74, 6) is 0.0891. The molecule has 0 unspecified atom stereocenters. The molecule has 27 heavy (non-hydrogen) atoms. The first-order chi connectivity index (χ1) is 13.0. The largest absolute Gasteiger partial charge is 0.478 e. The van der Waals surface area contributed by atoms with Crippen molar-refractivity contribution in [3.8, 4) is 11.3 Å². The van der Waals surface area contributed by atoms with Gasteiger partial charge in [-0.2, -0.15) is 0 Å². The maximum atomic E-state index is 11.3. The molecule has 136 valence electrons. The van der Waals surface area contributed by atoms with Crippen LogP contribution in [0.25, 0.3) is 11.3 Å². The summed E-state index contributed by atoms with van der Waals surface area (Å²) in [5.41, 5.74) is 3.33. The Morgan fingerprint density at radius 3 is 2.67 bits per heavy atom. The third-order valence-corrected chi connectivity index (χ3v) is 5.50. The van der Waals surface area contributed by atoms with Crippen molar-refractivity contribution < 1.29 is 14.3 Å². The van der Waals surface area contributed by atoms with Crippen LogP contribution in [-0.2, 0) is 13.0 Å². The fraction of sp³-hybridized carbons (Fsp3) is 0.143. The average molecular weight is 398 g/mol. The maximum absolute atomic E-state index is 11.3. The van der Waals surface area contributed by atoms with Crippen LogP contribution in [0, 0.1) is 0 Å². The second kappa shape index (κ2) is 7.18. The normalized spacial score (nSPS) is 13.3. The molecule has 0 saturated heterocycles. The highest BCUT2D eigenvalue weighted by molar-refractivity contribution is 7.80. The second-order valence-electron chi connectivity index (χ2n) is 6.41. The van der Waals surface area contributed by atoms with Gasteiger partial charge in [0.15, 0.2) is 5.76 Å². The van der Waals surface area contributed by atoms with E-state index in [9.17, 15) is 9.90 Å². The summed E-state index contributed by atoms with van der Waals surface area (Å²) in [6, 6.07) is 16.8. The van der Waals surface area contributed by atoms with Crippen molar-refractivity contribution in [1.29, 1.82) is 0 Å². The van der Waals surface area contributed by atoms with Crippen molar-refractivity contribution in [3.63, 3.8) is 0 Å². The Bertz CT molecular complexity index is 1040. The van der Waals surface area contributed by atoms with Crippen LogP contribution in [-0.4, -0.2) is 27.5 Å². The highest BCUT2D eigenvalue weighted by Crippen LogP contribution is 2.28. The van der Waals surface area contributed by atoms with Crippen LogP contribution in [0.1, 0.15) is 27.2 Å². The number of carboxylic acids is 1. The fourth-order valence-electron chi connectivity index (χ4n) is 3.28. The van der Waals surface area contributed by atoms with E-state index in [1.165, 1.54) is 17.2 Å². The number of nitrogens with zero attached hydrogens (tertiary/aromatic N) is 1. The Morgan fingerprint density at radius 2 is 1.89 bits per heavy atom. The molecule has 0 atom stereocenters. The molecule has 1 aliphatic heterocycles. The zero-order valence-electron chi connectivity index (χ0n) is 14.3. The van der Waals surface area contributed by atoms with E-state index in [0.717, 1.165) is 19.5 Å². The van der Waals surface area contributed by atoms with Crippen molar-refractivity contribution in [3.05, 3.63) is 82.1 Å². The molecule has 1 aliphatic rings. The fourth-order valence-corrected chi connectivity index (χ4v) is 3.74. The number of thiocarbonyl (C=S) groups is 1. The molecule has 0 spiro atoms. The van der Waals surface area contributed by atoms with E-state index < -0.39 is 5.97 Å². The van der Waals surface area contributed by atoms with Crippen LogP contribution >= 0.6 is 23.8 Å². The lowest BCUT2D eigenvalue weighted by molar-refractivity contribution is 0.0697. The molecule has 2 aromatic carbocycles. The van der Waals surface area contributed by atoms with Crippen LogP contribution in [0.3, 0.4) is 0 Å². The Hall–Kier alpha value is -2.63. The molecule has 0 radical (unpaired) electrons. The number of carboxylic acid groups (broad SMARTS) is 1. The molecular formula is C21H16ClNO3S. The molecule has 0 amide bonds. The van der Waals surface area contributed by atoms with Gasteiger partial charge in [0.2, 0.25) is 0 Å². The molecule has 0 saturated carbocycles. The second-order valence-corrected chi connectivity index (χ2v) is 7.20. The first kappa shape index (κ1) is 17.8. The van der Waals surface area contributed by atoms with Gasteiger partial charge >= 0.3 is 5.97 Å². The van der Waals surface area contributed by atoms with E-state index in [1.807, 2.05) is 12.1 Å². The zero-order chi connectivity index (χ0) is 19.0. The van der Waals surface area contributed by atoms with E-state index >= 15 is 0 Å². The molecule has 1 aromatic heterocycles. The summed E-state index contributed by atoms with van der Waals surface area (Å²) in [6.45, 7) is 1.60. The summed E-state index contributed by atoms with van der Waals surface area (Å²) in [7, 11) is 0. The topological polar surface area (TPSA) is 53.7 Å². The van der Waals surface area contributed by atoms with Gasteiger partial charge in [-0.25, -0.2) is 4.79 Å². The lowest BCUT2D eigenvalue weighted by Crippen LogP contribution is -2.35. The van der Waals surface area contributed by atoms with Crippen LogP contribution in [0.4, 0.5) is 0 Å². The van der Waals surface area contributed by atoms with Gasteiger partial charge in [-0.05, 0) is 47.9 Å². The Morgan fingerprint density at radius 1 is 1.11 bits per heavy atom. The minimum Gasteiger partial charge on any atom is -0.478 e. The number of aromatic carboxylic acids is 1. The van der Waals surface area contributed by atoms with Gasteiger partial charge in [0, 0.05) is 18.7 Å². The highest BCUT2D eigenvalue weighted by atomic mass is 35.5. The number of hydrogen-bond donors (Lipinski definition) is 1. The first-order valence-electron chi connectivity index (χ1n) is 8.52. The summed E-state index contributed by atoms with van der Waals surface area (Å²) >= 11 is 11.6. The molecule has 0 aliphatic carbocycles. The van der Waals surface area contributed by atoms with Gasteiger partial charge in [-0.3, -0.25) is 0 Å². The Labute approximate surface area is 167 Å². The number of benzene rings is 2. The highest BCUT2D eigenvalue weighted by Gasteiger charge is 2.21. The summed E-state index contributed by atoms with van der Waals surface area (Å²) in [5, 5.41) is 9.43.